The molecule has 5 heterocycles. The summed E-state index contributed by atoms with van der Waals surface area (Å²) in [5.74, 6) is 0.473. The average molecular weight is 395 g/mol. The summed E-state index contributed by atoms with van der Waals surface area (Å²) in [4.78, 5) is 33.5. The highest BCUT2D eigenvalue weighted by Crippen LogP contribution is 2.41. The Kier molecular flexibility index (Phi) is 4.58. The first-order valence-electron chi connectivity index (χ1n) is 10.3. The third-order valence-corrected chi connectivity index (χ3v) is 6.76. The highest BCUT2D eigenvalue weighted by molar-refractivity contribution is 5.93. The highest BCUT2D eigenvalue weighted by Gasteiger charge is 2.49. The third kappa shape index (κ3) is 3.11. The van der Waals surface area contributed by atoms with Crippen molar-refractivity contribution in [2.45, 2.75) is 37.8 Å². The van der Waals surface area contributed by atoms with Crippen molar-refractivity contribution in [1.82, 2.24) is 25.0 Å². The van der Waals surface area contributed by atoms with E-state index in [0.717, 1.165) is 24.8 Å². The number of carbonyl (C=O) groups excluding carboxylic acids is 2. The van der Waals surface area contributed by atoms with Crippen LogP contribution < -0.4 is 0 Å². The number of piperidine rings is 3. The fraction of sp³-hybridized carbons (Fsp3) is 0.524. The quantitative estimate of drug-likeness (QED) is 0.816. The van der Waals surface area contributed by atoms with Gasteiger partial charge in [-0.1, -0.05) is 0 Å². The largest absolute Gasteiger partial charge is 0.394 e. The van der Waals surface area contributed by atoms with Crippen LogP contribution in [0.4, 0.5) is 0 Å². The van der Waals surface area contributed by atoms with Gasteiger partial charge < -0.3 is 14.9 Å². The molecule has 0 spiro atoms. The molecule has 29 heavy (non-hydrogen) atoms. The van der Waals surface area contributed by atoms with Crippen molar-refractivity contribution in [2.75, 3.05) is 19.7 Å². The van der Waals surface area contributed by atoms with Crippen LogP contribution in [0.2, 0.25) is 0 Å². The van der Waals surface area contributed by atoms with Crippen LogP contribution in [-0.2, 0) is 4.79 Å². The zero-order valence-corrected chi connectivity index (χ0v) is 16.2. The number of carbonyl (C=O) groups is 2. The number of aliphatic hydroxyl groups is 1. The minimum absolute atomic E-state index is 0.0437. The second-order valence-electron chi connectivity index (χ2n) is 8.38. The Morgan fingerprint density at radius 2 is 2.03 bits per heavy atom. The topological polar surface area (TPSA) is 102 Å². The lowest BCUT2D eigenvalue weighted by Crippen LogP contribution is -2.66. The van der Waals surface area contributed by atoms with Gasteiger partial charge >= 0.3 is 0 Å². The molecule has 152 valence electrons. The first-order chi connectivity index (χ1) is 14.2. The molecule has 0 saturated carbocycles. The van der Waals surface area contributed by atoms with E-state index in [1.54, 1.807) is 18.5 Å². The second-order valence-corrected chi connectivity index (χ2v) is 8.38. The van der Waals surface area contributed by atoms with E-state index in [2.05, 4.69) is 15.2 Å². The van der Waals surface area contributed by atoms with Gasteiger partial charge in [0.25, 0.3) is 5.91 Å². The van der Waals surface area contributed by atoms with E-state index in [-0.39, 0.29) is 42.3 Å². The van der Waals surface area contributed by atoms with Gasteiger partial charge in [0.2, 0.25) is 5.91 Å². The highest BCUT2D eigenvalue weighted by atomic mass is 16.3. The van der Waals surface area contributed by atoms with Gasteiger partial charge in [-0.25, -0.2) is 0 Å². The second kappa shape index (κ2) is 7.26. The number of H-pyrrole nitrogens is 1. The molecule has 8 heteroatoms. The molecule has 0 aliphatic carbocycles. The average Bonchev–Trinajstić information content (AvgIpc) is 3.25. The summed E-state index contributed by atoms with van der Waals surface area (Å²) in [6, 6.07) is 5.44. The number of nitrogens with one attached hydrogen (secondary N) is 1. The maximum atomic E-state index is 13.2. The number of rotatable bonds is 3. The number of pyridine rings is 1. The Hall–Kier alpha value is -2.74. The molecule has 0 radical (unpaired) electrons. The molecule has 3 saturated heterocycles. The number of hydrogen-bond donors (Lipinski definition) is 2. The van der Waals surface area contributed by atoms with Crippen LogP contribution in [0.1, 0.15) is 36.2 Å². The molecular weight excluding hydrogens is 370 g/mol. The van der Waals surface area contributed by atoms with Crippen LogP contribution in [-0.4, -0.2) is 73.7 Å². The van der Waals surface area contributed by atoms with Crippen molar-refractivity contribution < 1.29 is 14.7 Å². The van der Waals surface area contributed by atoms with Gasteiger partial charge in [0, 0.05) is 43.5 Å². The molecule has 3 aliphatic heterocycles. The normalized spacial score (nSPS) is 28.9. The molecular formula is C21H25N5O3. The molecule has 2 bridgehead atoms. The summed E-state index contributed by atoms with van der Waals surface area (Å²) in [5, 5.41) is 17.2. The van der Waals surface area contributed by atoms with Crippen molar-refractivity contribution in [2.24, 2.45) is 11.8 Å². The Bertz CT molecular complexity index is 900. The zero-order valence-electron chi connectivity index (χ0n) is 16.2. The number of aromatic nitrogens is 3. The Balaban J connectivity index is 1.37. The lowest BCUT2D eigenvalue weighted by Gasteiger charge is -2.56. The number of amides is 2. The molecule has 2 amide bonds. The standard InChI is InChI=1S/C21H25N5O3/c27-12-19-15-8-14(18-2-1-3-20(28)26(18)19)10-25(11-15)21(29)17-9-16(23-24-17)13-4-6-22-7-5-13/h4-7,9,14-15,18-19,27H,1-3,8,10-12H2,(H,23,24)/t14-,15+,18+,19+/m1/s1. The van der Waals surface area contributed by atoms with Gasteiger partial charge in [0.1, 0.15) is 5.69 Å². The smallest absolute Gasteiger partial charge is 0.271 e. The molecule has 4 atom stereocenters. The number of hydrogen-bond acceptors (Lipinski definition) is 5. The Morgan fingerprint density at radius 3 is 2.83 bits per heavy atom. The summed E-state index contributed by atoms with van der Waals surface area (Å²) >= 11 is 0. The maximum absolute atomic E-state index is 13.2. The fourth-order valence-electron chi connectivity index (χ4n) is 5.45. The molecule has 3 fully saturated rings. The monoisotopic (exact) mass is 395 g/mol. The van der Waals surface area contributed by atoms with Crippen molar-refractivity contribution >= 4 is 11.8 Å². The molecule has 3 aliphatic rings. The fourth-order valence-corrected chi connectivity index (χ4v) is 5.45. The lowest BCUT2D eigenvalue weighted by atomic mass is 9.72. The molecule has 0 aromatic carbocycles. The first kappa shape index (κ1) is 18.3. The van der Waals surface area contributed by atoms with E-state index in [9.17, 15) is 14.7 Å². The number of nitrogens with zero attached hydrogens (tertiary/aromatic N) is 4. The Morgan fingerprint density at radius 1 is 1.24 bits per heavy atom. The van der Waals surface area contributed by atoms with Crippen LogP contribution in [0.15, 0.2) is 30.6 Å². The molecule has 5 rings (SSSR count). The minimum atomic E-state index is -0.186. The van der Waals surface area contributed by atoms with Crippen LogP contribution >= 0.6 is 0 Å². The lowest BCUT2D eigenvalue weighted by molar-refractivity contribution is -0.154. The SMILES string of the molecule is O=C(c1cc(-c2ccncc2)n[nH]1)N1C[C@H]2C[C@@H](C1)[C@H](CO)N1C(=O)CCC[C@@H]21. The van der Waals surface area contributed by atoms with E-state index < -0.39 is 0 Å². The van der Waals surface area contributed by atoms with Gasteiger partial charge in [-0.15, -0.1) is 0 Å². The molecule has 2 aromatic heterocycles. The first-order valence-corrected chi connectivity index (χ1v) is 10.3. The van der Waals surface area contributed by atoms with Crippen LogP contribution in [0.5, 0.6) is 0 Å². The predicted molar refractivity (Wildman–Crippen MR) is 105 cm³/mol. The van der Waals surface area contributed by atoms with Gasteiger partial charge in [0.15, 0.2) is 0 Å². The van der Waals surface area contributed by atoms with E-state index >= 15 is 0 Å². The van der Waals surface area contributed by atoms with Crippen molar-refractivity contribution in [3.63, 3.8) is 0 Å². The Labute approximate surface area is 168 Å². The molecule has 2 aromatic rings. The third-order valence-electron chi connectivity index (χ3n) is 6.76. The summed E-state index contributed by atoms with van der Waals surface area (Å²) in [6.45, 7) is 1.16. The maximum Gasteiger partial charge on any atom is 0.271 e. The van der Waals surface area contributed by atoms with Gasteiger partial charge in [-0.2, -0.15) is 5.10 Å². The summed E-state index contributed by atoms with van der Waals surface area (Å²) in [6.07, 6.45) is 6.78. The van der Waals surface area contributed by atoms with Crippen LogP contribution in [0.25, 0.3) is 11.3 Å². The van der Waals surface area contributed by atoms with Gasteiger partial charge in [-0.05, 0) is 49.3 Å². The predicted octanol–water partition coefficient (Wildman–Crippen LogP) is 1.31. The summed E-state index contributed by atoms with van der Waals surface area (Å²) in [5.41, 5.74) is 2.08. The number of aliphatic hydroxyl groups excluding tert-OH is 1. The van der Waals surface area contributed by atoms with Crippen molar-refractivity contribution in [3.05, 3.63) is 36.3 Å². The summed E-state index contributed by atoms with van der Waals surface area (Å²) in [7, 11) is 0. The molecule has 2 N–H and O–H groups in total. The van der Waals surface area contributed by atoms with E-state index in [4.69, 9.17) is 0 Å². The van der Waals surface area contributed by atoms with E-state index in [1.165, 1.54) is 0 Å². The van der Waals surface area contributed by atoms with Gasteiger partial charge in [-0.3, -0.25) is 19.7 Å². The van der Waals surface area contributed by atoms with E-state index in [0.29, 0.717) is 30.9 Å². The molecule has 8 nitrogen and oxygen atoms in total. The van der Waals surface area contributed by atoms with Gasteiger partial charge in [0.05, 0.1) is 18.3 Å². The van der Waals surface area contributed by atoms with Crippen LogP contribution in [0, 0.1) is 11.8 Å². The number of fused-ring (bicyclic) bond motifs is 4. The van der Waals surface area contributed by atoms with Crippen LogP contribution in [0.3, 0.4) is 0 Å². The number of likely N-dealkylation sites (tertiary alicyclic amines) is 1. The zero-order chi connectivity index (χ0) is 20.0. The van der Waals surface area contributed by atoms with Crippen molar-refractivity contribution in [1.29, 1.82) is 0 Å². The van der Waals surface area contributed by atoms with Crippen molar-refractivity contribution in [3.8, 4) is 11.3 Å². The minimum Gasteiger partial charge on any atom is -0.394 e. The van der Waals surface area contributed by atoms with E-state index in [1.807, 2.05) is 21.9 Å². The summed E-state index contributed by atoms with van der Waals surface area (Å²) < 4.78 is 0. The molecule has 0 unspecified atom stereocenters. The number of aromatic amines is 1.